The lowest BCUT2D eigenvalue weighted by atomic mass is 10.1. The fourth-order valence-electron chi connectivity index (χ4n) is 2.65. The molecule has 2 aliphatic heterocycles. The van der Waals surface area contributed by atoms with E-state index in [0.29, 0.717) is 44.8 Å². The number of morpholine rings is 1. The number of dihydropyridines is 1. The summed E-state index contributed by atoms with van der Waals surface area (Å²) in [5.74, 6) is 1.09. The van der Waals surface area contributed by atoms with Crippen molar-refractivity contribution in [1.29, 1.82) is 5.26 Å². The Hall–Kier alpha value is -2.44. The number of nitrogens with zero attached hydrogens (tertiary/aromatic N) is 3. The minimum atomic E-state index is -0.679. The maximum absolute atomic E-state index is 8.74. The largest absolute Gasteiger partial charge is 0.477 e. The molecule has 0 aromatic heterocycles. The van der Waals surface area contributed by atoms with Crippen molar-refractivity contribution in [2.75, 3.05) is 46.0 Å². The monoisotopic (exact) mass is 363 g/mol. The van der Waals surface area contributed by atoms with E-state index in [-0.39, 0.29) is 0 Å². The molecule has 0 spiro atoms. The van der Waals surface area contributed by atoms with Crippen LogP contribution in [0.15, 0.2) is 28.7 Å². The first-order valence-corrected chi connectivity index (χ1v) is 8.94. The first-order chi connectivity index (χ1) is 12.5. The highest BCUT2D eigenvalue weighted by atomic mass is 16.5. The topological polar surface area (TPSA) is 120 Å². The zero-order valence-corrected chi connectivity index (χ0v) is 15.5. The van der Waals surface area contributed by atoms with E-state index in [2.05, 4.69) is 25.8 Å². The molecule has 1 fully saturated rings. The first kappa shape index (κ1) is 19.9. The molecular weight excluding hydrogens is 334 g/mol. The molecule has 1 atom stereocenters. The molecule has 9 nitrogen and oxygen atoms in total. The fourth-order valence-corrected chi connectivity index (χ4v) is 2.65. The van der Waals surface area contributed by atoms with Crippen LogP contribution in [0.1, 0.15) is 20.3 Å². The number of guanidine groups is 1. The number of nitrogens with two attached hydrogens (primary N) is 1. The van der Waals surface area contributed by atoms with Gasteiger partial charge >= 0.3 is 0 Å². The molecule has 144 valence electrons. The fraction of sp³-hybridized carbons (Fsp3) is 0.647. The molecule has 2 rings (SSSR count). The van der Waals surface area contributed by atoms with Gasteiger partial charge in [0.25, 0.3) is 0 Å². The highest BCUT2D eigenvalue weighted by Gasteiger charge is 2.25. The van der Waals surface area contributed by atoms with Gasteiger partial charge in [0.15, 0.2) is 12.1 Å². The molecule has 26 heavy (non-hydrogen) atoms. The van der Waals surface area contributed by atoms with Crippen LogP contribution in [0.2, 0.25) is 0 Å². The van der Waals surface area contributed by atoms with E-state index in [1.807, 2.05) is 32.2 Å². The lowest BCUT2D eigenvalue weighted by Crippen LogP contribution is -2.52. The Balaban J connectivity index is 1.86. The Kier molecular flexibility index (Phi) is 7.56. The summed E-state index contributed by atoms with van der Waals surface area (Å²) in [6.07, 6.45) is 6.74. The maximum atomic E-state index is 8.74. The SMILES string of the molecule is CCCN=C(NC#N)NCCOC1=CC(N2CCOCC2)=CC(C)(N)N1. The molecule has 0 radical (unpaired) electrons. The number of ether oxygens (including phenoxy) is 2. The molecule has 0 bridgehead atoms. The number of aliphatic imine (C=N–C) groups is 1. The lowest BCUT2D eigenvalue weighted by Gasteiger charge is -2.36. The minimum Gasteiger partial charge on any atom is -0.477 e. The van der Waals surface area contributed by atoms with Gasteiger partial charge in [-0.2, -0.15) is 5.26 Å². The third-order valence-electron chi connectivity index (χ3n) is 3.82. The summed E-state index contributed by atoms with van der Waals surface area (Å²) in [6.45, 7) is 8.60. The molecule has 0 aliphatic carbocycles. The van der Waals surface area contributed by atoms with Gasteiger partial charge in [-0.3, -0.25) is 10.3 Å². The van der Waals surface area contributed by atoms with Gasteiger partial charge in [0, 0.05) is 31.4 Å². The molecule has 1 saturated heterocycles. The normalized spacial score (nSPS) is 23.3. The quantitative estimate of drug-likeness (QED) is 0.161. The summed E-state index contributed by atoms with van der Waals surface area (Å²) in [5.41, 5.74) is 6.62. The van der Waals surface area contributed by atoms with E-state index >= 15 is 0 Å². The number of hydrogen-bond donors (Lipinski definition) is 4. The van der Waals surface area contributed by atoms with Crippen molar-refractivity contribution in [1.82, 2.24) is 20.9 Å². The van der Waals surface area contributed by atoms with E-state index < -0.39 is 5.66 Å². The highest BCUT2D eigenvalue weighted by molar-refractivity contribution is 5.81. The van der Waals surface area contributed by atoms with Crippen LogP contribution >= 0.6 is 0 Å². The second-order valence-electron chi connectivity index (χ2n) is 6.33. The van der Waals surface area contributed by atoms with E-state index in [0.717, 1.165) is 25.2 Å². The van der Waals surface area contributed by atoms with Crippen LogP contribution < -0.4 is 21.7 Å². The first-order valence-electron chi connectivity index (χ1n) is 8.94. The number of hydrogen-bond acceptors (Lipinski definition) is 7. The van der Waals surface area contributed by atoms with Crippen molar-refractivity contribution >= 4 is 5.96 Å². The summed E-state index contributed by atoms with van der Waals surface area (Å²) in [6, 6.07) is 0. The molecule has 0 saturated carbocycles. The highest BCUT2D eigenvalue weighted by Crippen LogP contribution is 2.19. The molecule has 9 heteroatoms. The van der Waals surface area contributed by atoms with Crippen LogP contribution in [0, 0.1) is 11.5 Å². The number of nitriles is 1. The van der Waals surface area contributed by atoms with Crippen molar-refractivity contribution < 1.29 is 9.47 Å². The Labute approximate surface area is 154 Å². The predicted octanol–water partition coefficient (Wildman–Crippen LogP) is -0.235. The molecule has 5 N–H and O–H groups in total. The second-order valence-corrected chi connectivity index (χ2v) is 6.33. The smallest absolute Gasteiger partial charge is 0.204 e. The molecular formula is C17H29N7O2. The van der Waals surface area contributed by atoms with Crippen molar-refractivity contribution in [3.05, 3.63) is 23.7 Å². The molecule has 0 amide bonds. The molecule has 1 unspecified atom stereocenters. The Bertz CT molecular complexity index is 586. The third kappa shape index (κ3) is 6.46. The third-order valence-corrected chi connectivity index (χ3v) is 3.82. The molecule has 2 heterocycles. The zero-order chi connectivity index (χ0) is 18.8. The van der Waals surface area contributed by atoms with Crippen LogP contribution in [-0.2, 0) is 9.47 Å². The van der Waals surface area contributed by atoms with Crippen LogP contribution in [-0.4, -0.2) is 62.5 Å². The molecule has 0 aromatic rings. The standard InChI is InChI=1S/C17H29N7O2/c1-3-4-20-16(22-13-18)21-5-8-26-15-11-14(12-17(2,19)23-15)24-6-9-25-10-7-24/h11-12,23H,3-10,19H2,1-2H3,(H2,20,21,22). The summed E-state index contributed by atoms with van der Waals surface area (Å²) in [4.78, 5) is 6.49. The summed E-state index contributed by atoms with van der Waals surface area (Å²) in [7, 11) is 0. The second kappa shape index (κ2) is 9.89. The van der Waals surface area contributed by atoms with Crippen molar-refractivity contribution in [2.45, 2.75) is 25.9 Å². The average molecular weight is 363 g/mol. The summed E-state index contributed by atoms with van der Waals surface area (Å²) >= 11 is 0. The average Bonchev–Trinajstić information content (AvgIpc) is 2.62. The number of rotatable bonds is 7. The van der Waals surface area contributed by atoms with Crippen molar-refractivity contribution in [2.24, 2.45) is 10.7 Å². The van der Waals surface area contributed by atoms with Crippen LogP contribution in [0.4, 0.5) is 0 Å². The van der Waals surface area contributed by atoms with Gasteiger partial charge in [-0.15, -0.1) is 0 Å². The molecule has 0 aromatic carbocycles. The van der Waals surface area contributed by atoms with E-state index in [9.17, 15) is 0 Å². The van der Waals surface area contributed by atoms with Crippen LogP contribution in [0.5, 0.6) is 0 Å². The van der Waals surface area contributed by atoms with Gasteiger partial charge < -0.3 is 30.7 Å². The van der Waals surface area contributed by atoms with E-state index in [4.69, 9.17) is 20.5 Å². The minimum absolute atomic E-state index is 0.406. The maximum Gasteiger partial charge on any atom is 0.204 e. The van der Waals surface area contributed by atoms with E-state index in [1.165, 1.54) is 0 Å². The van der Waals surface area contributed by atoms with Gasteiger partial charge in [0.05, 0.1) is 19.8 Å². The zero-order valence-electron chi connectivity index (χ0n) is 15.5. The van der Waals surface area contributed by atoms with Gasteiger partial charge in [0.2, 0.25) is 5.96 Å². The van der Waals surface area contributed by atoms with Crippen LogP contribution in [0.3, 0.4) is 0 Å². The van der Waals surface area contributed by atoms with Gasteiger partial charge in [-0.1, -0.05) is 6.92 Å². The number of nitrogens with one attached hydrogen (secondary N) is 3. The lowest BCUT2D eigenvalue weighted by molar-refractivity contribution is 0.0537. The molecule has 2 aliphatic rings. The summed E-state index contributed by atoms with van der Waals surface area (Å²) in [5, 5.41) is 17.5. The summed E-state index contributed by atoms with van der Waals surface area (Å²) < 4.78 is 11.2. The number of allylic oxidation sites excluding steroid dienone is 1. The predicted molar refractivity (Wildman–Crippen MR) is 99.6 cm³/mol. The Morgan fingerprint density at radius 3 is 3.00 bits per heavy atom. The van der Waals surface area contributed by atoms with Crippen molar-refractivity contribution in [3.63, 3.8) is 0 Å². The van der Waals surface area contributed by atoms with Gasteiger partial charge in [-0.05, 0) is 19.4 Å². The van der Waals surface area contributed by atoms with E-state index in [1.54, 1.807) is 0 Å². The van der Waals surface area contributed by atoms with Crippen LogP contribution in [0.25, 0.3) is 0 Å². The van der Waals surface area contributed by atoms with Gasteiger partial charge in [0.1, 0.15) is 12.3 Å². The van der Waals surface area contributed by atoms with Gasteiger partial charge in [-0.25, -0.2) is 0 Å². The van der Waals surface area contributed by atoms with Crippen molar-refractivity contribution in [3.8, 4) is 6.19 Å². The Morgan fingerprint density at radius 1 is 1.54 bits per heavy atom. The Morgan fingerprint density at radius 2 is 2.31 bits per heavy atom.